The summed E-state index contributed by atoms with van der Waals surface area (Å²) in [6.45, 7) is 4.10. The lowest BCUT2D eigenvalue weighted by atomic mass is 10.6. The Morgan fingerprint density at radius 2 is 2.33 bits per heavy atom. The Labute approximate surface area is 55.8 Å². The number of likely N-dealkylation sites (N-methyl/N-ethyl adjacent to an activating group) is 1. The molecule has 0 unspecified atom stereocenters. The number of rotatable bonds is 2. The van der Waals surface area contributed by atoms with Gasteiger partial charge in [-0.2, -0.15) is 0 Å². The van der Waals surface area contributed by atoms with Crippen LogP contribution in [0.1, 0.15) is 0 Å². The van der Waals surface area contributed by atoms with Crippen molar-refractivity contribution in [3.63, 3.8) is 0 Å². The molecule has 0 aliphatic carbocycles. The molecule has 0 radical (unpaired) electrons. The molecular formula is C6H13N3. The second kappa shape index (κ2) is 2.94. The summed E-state index contributed by atoms with van der Waals surface area (Å²) in [6, 6.07) is 0. The van der Waals surface area contributed by atoms with Crippen molar-refractivity contribution in [2.75, 3.05) is 33.4 Å². The summed E-state index contributed by atoms with van der Waals surface area (Å²) in [5, 5.41) is 6.85. The summed E-state index contributed by atoms with van der Waals surface area (Å²) in [5.41, 5.74) is 0. The monoisotopic (exact) mass is 127 g/mol. The van der Waals surface area contributed by atoms with Gasteiger partial charge >= 0.3 is 0 Å². The van der Waals surface area contributed by atoms with E-state index in [9.17, 15) is 0 Å². The fraction of sp³-hybridized carbons (Fsp3) is 0.833. The average Bonchev–Trinajstić information content (AvgIpc) is 2.17. The SMILES string of the molecule is CN1CCN(CC=N)C1. The molecule has 1 saturated heterocycles. The number of nitrogens with one attached hydrogen (secondary N) is 1. The molecule has 0 amide bonds. The fourth-order valence-corrected chi connectivity index (χ4v) is 1.07. The minimum absolute atomic E-state index is 0.810. The molecule has 0 saturated carbocycles. The van der Waals surface area contributed by atoms with Gasteiger partial charge in [0.25, 0.3) is 0 Å². The van der Waals surface area contributed by atoms with E-state index in [0.717, 1.165) is 26.3 Å². The van der Waals surface area contributed by atoms with Crippen LogP contribution in [0.3, 0.4) is 0 Å². The first-order chi connectivity index (χ1) is 4.33. The van der Waals surface area contributed by atoms with Crippen molar-refractivity contribution in [3.05, 3.63) is 0 Å². The number of nitrogens with zero attached hydrogens (tertiary/aromatic N) is 2. The van der Waals surface area contributed by atoms with E-state index in [-0.39, 0.29) is 0 Å². The van der Waals surface area contributed by atoms with Gasteiger partial charge < -0.3 is 5.41 Å². The molecule has 1 N–H and O–H groups in total. The van der Waals surface area contributed by atoms with Crippen LogP contribution in [-0.4, -0.2) is 49.4 Å². The minimum Gasteiger partial charge on any atom is -0.312 e. The van der Waals surface area contributed by atoms with Gasteiger partial charge in [-0.15, -0.1) is 0 Å². The largest absolute Gasteiger partial charge is 0.312 e. The van der Waals surface area contributed by atoms with Gasteiger partial charge in [0.1, 0.15) is 0 Å². The van der Waals surface area contributed by atoms with Gasteiger partial charge in [0.2, 0.25) is 0 Å². The number of hydrogen-bond donors (Lipinski definition) is 1. The average molecular weight is 127 g/mol. The number of hydrogen-bond acceptors (Lipinski definition) is 3. The second-order valence-electron chi connectivity index (χ2n) is 2.50. The first-order valence-electron chi connectivity index (χ1n) is 3.23. The molecular weight excluding hydrogens is 114 g/mol. The van der Waals surface area contributed by atoms with Crippen LogP contribution in [0.2, 0.25) is 0 Å². The maximum Gasteiger partial charge on any atom is 0.0508 e. The first-order valence-corrected chi connectivity index (χ1v) is 3.23. The van der Waals surface area contributed by atoms with Crippen molar-refractivity contribution < 1.29 is 0 Å². The van der Waals surface area contributed by atoms with Crippen LogP contribution in [0.4, 0.5) is 0 Å². The van der Waals surface area contributed by atoms with E-state index in [1.165, 1.54) is 6.21 Å². The Hall–Kier alpha value is -0.410. The third-order valence-electron chi connectivity index (χ3n) is 1.59. The van der Waals surface area contributed by atoms with Crippen molar-refractivity contribution in [2.45, 2.75) is 0 Å². The fourth-order valence-electron chi connectivity index (χ4n) is 1.07. The predicted molar refractivity (Wildman–Crippen MR) is 37.9 cm³/mol. The summed E-state index contributed by atoms with van der Waals surface area (Å²) in [7, 11) is 2.10. The summed E-state index contributed by atoms with van der Waals surface area (Å²) in [4.78, 5) is 4.50. The van der Waals surface area contributed by atoms with Crippen LogP contribution in [0, 0.1) is 5.41 Å². The third kappa shape index (κ3) is 1.77. The molecule has 1 aliphatic heterocycles. The van der Waals surface area contributed by atoms with E-state index < -0.39 is 0 Å². The van der Waals surface area contributed by atoms with Crippen LogP contribution in [-0.2, 0) is 0 Å². The summed E-state index contributed by atoms with van der Waals surface area (Å²) in [6.07, 6.45) is 1.46. The maximum absolute atomic E-state index is 6.85. The maximum atomic E-state index is 6.85. The van der Waals surface area contributed by atoms with Gasteiger partial charge in [-0.3, -0.25) is 9.80 Å². The highest BCUT2D eigenvalue weighted by Crippen LogP contribution is 1.98. The van der Waals surface area contributed by atoms with Crippen molar-refractivity contribution in [1.82, 2.24) is 9.80 Å². The Balaban J connectivity index is 2.21. The Morgan fingerprint density at radius 3 is 2.78 bits per heavy atom. The lowest BCUT2D eigenvalue weighted by Gasteiger charge is -2.10. The third-order valence-corrected chi connectivity index (χ3v) is 1.59. The van der Waals surface area contributed by atoms with Gasteiger partial charge in [-0.25, -0.2) is 0 Å². The molecule has 52 valence electrons. The van der Waals surface area contributed by atoms with E-state index in [1.54, 1.807) is 0 Å². The van der Waals surface area contributed by atoms with Crippen molar-refractivity contribution in [1.29, 1.82) is 5.41 Å². The lowest BCUT2D eigenvalue weighted by molar-refractivity contribution is 0.304. The molecule has 9 heavy (non-hydrogen) atoms. The van der Waals surface area contributed by atoms with Gasteiger partial charge in [-0.05, 0) is 7.05 Å². The van der Waals surface area contributed by atoms with Gasteiger partial charge in [0, 0.05) is 25.8 Å². The molecule has 0 spiro atoms. The molecule has 0 aromatic rings. The Morgan fingerprint density at radius 1 is 1.56 bits per heavy atom. The lowest BCUT2D eigenvalue weighted by Crippen LogP contribution is -2.24. The standard InChI is InChI=1S/C6H13N3/c1-8-4-5-9(6-8)3-2-7/h2,7H,3-6H2,1H3. The van der Waals surface area contributed by atoms with Crippen molar-refractivity contribution >= 4 is 6.21 Å². The van der Waals surface area contributed by atoms with Crippen LogP contribution in [0.15, 0.2) is 0 Å². The topological polar surface area (TPSA) is 30.3 Å². The van der Waals surface area contributed by atoms with E-state index in [2.05, 4.69) is 16.8 Å². The zero-order valence-electron chi connectivity index (χ0n) is 5.80. The van der Waals surface area contributed by atoms with Gasteiger partial charge in [0.15, 0.2) is 0 Å². The molecule has 0 aromatic carbocycles. The molecule has 3 nitrogen and oxygen atoms in total. The molecule has 1 fully saturated rings. The minimum atomic E-state index is 0.810. The smallest absolute Gasteiger partial charge is 0.0508 e. The quantitative estimate of drug-likeness (QED) is 0.522. The zero-order chi connectivity index (χ0) is 6.69. The van der Waals surface area contributed by atoms with E-state index in [4.69, 9.17) is 5.41 Å². The normalized spacial score (nSPS) is 22.8. The van der Waals surface area contributed by atoms with Gasteiger partial charge in [0.05, 0.1) is 6.67 Å². The van der Waals surface area contributed by atoms with Crippen LogP contribution >= 0.6 is 0 Å². The van der Waals surface area contributed by atoms with E-state index in [0.29, 0.717) is 0 Å². The molecule has 1 aliphatic rings. The Bertz CT molecular complexity index is 102. The van der Waals surface area contributed by atoms with Crippen LogP contribution in [0.25, 0.3) is 0 Å². The highest BCUT2D eigenvalue weighted by Gasteiger charge is 2.13. The summed E-state index contributed by atoms with van der Waals surface area (Å²) < 4.78 is 0. The zero-order valence-corrected chi connectivity index (χ0v) is 5.80. The second-order valence-corrected chi connectivity index (χ2v) is 2.50. The van der Waals surface area contributed by atoms with E-state index in [1.807, 2.05) is 0 Å². The summed E-state index contributed by atoms with van der Waals surface area (Å²) >= 11 is 0. The predicted octanol–water partition coefficient (Wildman–Crippen LogP) is -0.159. The van der Waals surface area contributed by atoms with Crippen molar-refractivity contribution in [2.24, 2.45) is 0 Å². The van der Waals surface area contributed by atoms with Crippen molar-refractivity contribution in [3.8, 4) is 0 Å². The first kappa shape index (κ1) is 6.71. The highest BCUT2D eigenvalue weighted by molar-refractivity contribution is 5.55. The van der Waals surface area contributed by atoms with E-state index >= 15 is 0 Å². The Kier molecular flexibility index (Phi) is 2.19. The van der Waals surface area contributed by atoms with Crippen LogP contribution in [0.5, 0.6) is 0 Å². The summed E-state index contributed by atoms with van der Waals surface area (Å²) in [5.74, 6) is 0. The molecule has 0 bridgehead atoms. The molecule has 1 rings (SSSR count). The van der Waals surface area contributed by atoms with Crippen LogP contribution < -0.4 is 0 Å². The van der Waals surface area contributed by atoms with Gasteiger partial charge in [-0.1, -0.05) is 0 Å². The molecule has 0 atom stereocenters. The molecule has 0 aromatic heterocycles. The molecule has 3 heteroatoms. The highest BCUT2D eigenvalue weighted by atomic mass is 15.4. The molecule has 1 heterocycles.